The summed E-state index contributed by atoms with van der Waals surface area (Å²) in [5, 5.41) is 13.9. The second kappa shape index (κ2) is 5.06. The summed E-state index contributed by atoms with van der Waals surface area (Å²) < 4.78 is 35.2. The van der Waals surface area contributed by atoms with Crippen LogP contribution in [0.3, 0.4) is 0 Å². The van der Waals surface area contributed by atoms with Crippen molar-refractivity contribution in [2.24, 2.45) is 7.05 Å². The van der Waals surface area contributed by atoms with Gasteiger partial charge in [0.15, 0.2) is 5.82 Å². The molecule has 0 aromatic carbocycles. The van der Waals surface area contributed by atoms with Crippen molar-refractivity contribution >= 4 is 0 Å². The van der Waals surface area contributed by atoms with Gasteiger partial charge in [0.2, 0.25) is 0 Å². The standard InChI is InChI=1S/C7H12F3N5/c1-15-13-6(12-14-15)5-11-4-2-3-7(8,9)10/h11H,2-5H2,1H3. The topological polar surface area (TPSA) is 55.6 Å². The van der Waals surface area contributed by atoms with Gasteiger partial charge in [0.25, 0.3) is 0 Å². The first-order valence-corrected chi connectivity index (χ1v) is 4.48. The quantitative estimate of drug-likeness (QED) is 0.744. The molecule has 86 valence electrons. The Balaban J connectivity index is 2.07. The first-order chi connectivity index (χ1) is 6.97. The van der Waals surface area contributed by atoms with Gasteiger partial charge in [0.05, 0.1) is 13.6 Å². The summed E-state index contributed by atoms with van der Waals surface area (Å²) in [5.41, 5.74) is 0. The SMILES string of the molecule is Cn1nnc(CNCCCC(F)(F)F)n1. The van der Waals surface area contributed by atoms with Crippen LogP contribution in [0.15, 0.2) is 0 Å². The van der Waals surface area contributed by atoms with Crippen LogP contribution >= 0.6 is 0 Å². The van der Waals surface area contributed by atoms with Gasteiger partial charge >= 0.3 is 6.18 Å². The molecular formula is C7H12F3N5. The van der Waals surface area contributed by atoms with E-state index in [1.165, 1.54) is 4.80 Å². The van der Waals surface area contributed by atoms with Crippen molar-refractivity contribution in [2.75, 3.05) is 6.54 Å². The van der Waals surface area contributed by atoms with Crippen molar-refractivity contribution < 1.29 is 13.2 Å². The van der Waals surface area contributed by atoms with Crippen LogP contribution in [0.1, 0.15) is 18.7 Å². The van der Waals surface area contributed by atoms with Crippen LogP contribution in [0.5, 0.6) is 0 Å². The molecule has 0 spiro atoms. The minimum Gasteiger partial charge on any atom is -0.310 e. The number of nitrogens with zero attached hydrogens (tertiary/aromatic N) is 4. The van der Waals surface area contributed by atoms with E-state index in [9.17, 15) is 13.2 Å². The molecule has 0 fully saturated rings. The lowest BCUT2D eigenvalue weighted by atomic mass is 10.3. The van der Waals surface area contributed by atoms with Crippen LogP contribution < -0.4 is 5.32 Å². The minimum atomic E-state index is -4.08. The van der Waals surface area contributed by atoms with Crippen LogP contribution in [-0.4, -0.2) is 32.9 Å². The summed E-state index contributed by atoms with van der Waals surface area (Å²) in [5.74, 6) is 0.476. The number of alkyl halides is 3. The van der Waals surface area contributed by atoms with Crippen molar-refractivity contribution in [2.45, 2.75) is 25.6 Å². The van der Waals surface area contributed by atoms with Gasteiger partial charge in [-0.15, -0.1) is 10.2 Å². The molecule has 0 bridgehead atoms. The third-order valence-corrected chi connectivity index (χ3v) is 1.65. The summed E-state index contributed by atoms with van der Waals surface area (Å²) in [4.78, 5) is 1.30. The number of tetrazole rings is 1. The molecule has 1 N–H and O–H groups in total. The van der Waals surface area contributed by atoms with Gasteiger partial charge in [0, 0.05) is 6.42 Å². The van der Waals surface area contributed by atoms with Gasteiger partial charge in [-0.25, -0.2) is 0 Å². The zero-order valence-electron chi connectivity index (χ0n) is 8.25. The Morgan fingerprint density at radius 1 is 1.40 bits per heavy atom. The highest BCUT2D eigenvalue weighted by atomic mass is 19.4. The second-order valence-electron chi connectivity index (χ2n) is 3.09. The minimum absolute atomic E-state index is 0.0593. The first-order valence-electron chi connectivity index (χ1n) is 4.48. The molecule has 5 nitrogen and oxygen atoms in total. The fourth-order valence-electron chi connectivity index (χ4n) is 1.01. The zero-order valence-corrected chi connectivity index (χ0v) is 8.25. The molecule has 0 saturated carbocycles. The summed E-state index contributed by atoms with van der Waals surface area (Å²) in [6, 6.07) is 0. The number of rotatable bonds is 5. The van der Waals surface area contributed by atoms with Crippen molar-refractivity contribution in [3.63, 3.8) is 0 Å². The van der Waals surface area contributed by atoms with E-state index in [0.29, 0.717) is 12.4 Å². The van der Waals surface area contributed by atoms with Gasteiger partial charge < -0.3 is 5.32 Å². The molecular weight excluding hydrogens is 211 g/mol. The van der Waals surface area contributed by atoms with E-state index in [1.54, 1.807) is 7.05 Å². The van der Waals surface area contributed by atoms with E-state index < -0.39 is 12.6 Å². The Morgan fingerprint density at radius 2 is 2.13 bits per heavy atom. The highest BCUT2D eigenvalue weighted by molar-refractivity contribution is 4.74. The van der Waals surface area contributed by atoms with Crippen molar-refractivity contribution in [3.05, 3.63) is 5.82 Å². The molecule has 1 heterocycles. The molecule has 15 heavy (non-hydrogen) atoms. The van der Waals surface area contributed by atoms with Crippen LogP contribution in [0.4, 0.5) is 13.2 Å². The van der Waals surface area contributed by atoms with Gasteiger partial charge in [-0.1, -0.05) is 0 Å². The molecule has 8 heteroatoms. The fourth-order valence-corrected chi connectivity index (χ4v) is 1.01. The highest BCUT2D eigenvalue weighted by Gasteiger charge is 2.25. The van der Waals surface area contributed by atoms with Crippen LogP contribution in [0.25, 0.3) is 0 Å². The van der Waals surface area contributed by atoms with Crippen molar-refractivity contribution in [3.8, 4) is 0 Å². The van der Waals surface area contributed by atoms with Gasteiger partial charge in [-0.2, -0.15) is 18.0 Å². The average molecular weight is 223 g/mol. The molecule has 1 aromatic rings. The average Bonchev–Trinajstić information content (AvgIpc) is 2.49. The Hall–Kier alpha value is -1.18. The lowest BCUT2D eigenvalue weighted by Gasteiger charge is -2.05. The number of hydrogen-bond acceptors (Lipinski definition) is 4. The molecule has 0 radical (unpaired) electrons. The van der Waals surface area contributed by atoms with E-state index in [2.05, 4.69) is 20.7 Å². The smallest absolute Gasteiger partial charge is 0.310 e. The Morgan fingerprint density at radius 3 is 2.67 bits per heavy atom. The number of halogens is 3. The molecule has 0 saturated heterocycles. The Labute approximate surface area is 84.7 Å². The van der Waals surface area contributed by atoms with Crippen molar-refractivity contribution in [1.29, 1.82) is 0 Å². The van der Waals surface area contributed by atoms with E-state index in [4.69, 9.17) is 0 Å². The number of aromatic nitrogens is 4. The summed E-state index contributed by atoms with van der Waals surface area (Å²) in [6.45, 7) is 0.628. The zero-order chi connectivity index (χ0) is 11.3. The summed E-state index contributed by atoms with van der Waals surface area (Å²) in [6.07, 6.45) is -4.79. The lowest BCUT2D eigenvalue weighted by molar-refractivity contribution is -0.135. The molecule has 0 atom stereocenters. The molecule has 0 amide bonds. The monoisotopic (exact) mass is 223 g/mol. The summed E-state index contributed by atoms with van der Waals surface area (Å²) >= 11 is 0. The second-order valence-corrected chi connectivity index (χ2v) is 3.09. The van der Waals surface area contributed by atoms with Crippen LogP contribution in [0, 0.1) is 0 Å². The largest absolute Gasteiger partial charge is 0.389 e. The van der Waals surface area contributed by atoms with Crippen molar-refractivity contribution in [1.82, 2.24) is 25.5 Å². The normalized spacial score (nSPS) is 12.0. The predicted molar refractivity (Wildman–Crippen MR) is 45.8 cm³/mol. The number of nitrogens with one attached hydrogen (secondary N) is 1. The van der Waals surface area contributed by atoms with E-state index >= 15 is 0 Å². The molecule has 0 aliphatic carbocycles. The maximum Gasteiger partial charge on any atom is 0.389 e. The molecule has 0 aliphatic heterocycles. The third kappa shape index (κ3) is 5.31. The van der Waals surface area contributed by atoms with E-state index in [0.717, 1.165) is 0 Å². The van der Waals surface area contributed by atoms with Gasteiger partial charge in [0.1, 0.15) is 0 Å². The fraction of sp³-hybridized carbons (Fsp3) is 0.857. The van der Waals surface area contributed by atoms with E-state index in [-0.39, 0.29) is 13.0 Å². The molecule has 1 aromatic heterocycles. The maximum absolute atomic E-state index is 11.7. The lowest BCUT2D eigenvalue weighted by Crippen LogP contribution is -2.18. The molecule has 0 aliphatic rings. The molecule has 1 rings (SSSR count). The number of hydrogen-bond donors (Lipinski definition) is 1. The van der Waals surface area contributed by atoms with E-state index in [1.807, 2.05) is 0 Å². The van der Waals surface area contributed by atoms with Crippen LogP contribution in [0.2, 0.25) is 0 Å². The number of aryl methyl sites for hydroxylation is 1. The maximum atomic E-state index is 11.7. The Bertz CT molecular complexity index is 295. The van der Waals surface area contributed by atoms with Gasteiger partial charge in [-0.3, -0.25) is 0 Å². The van der Waals surface area contributed by atoms with Gasteiger partial charge in [-0.05, 0) is 18.2 Å². The third-order valence-electron chi connectivity index (χ3n) is 1.65. The Kier molecular flexibility index (Phi) is 4.01. The molecule has 0 unspecified atom stereocenters. The van der Waals surface area contributed by atoms with Crippen LogP contribution in [-0.2, 0) is 13.6 Å². The highest BCUT2D eigenvalue weighted by Crippen LogP contribution is 2.20. The first kappa shape index (κ1) is 11.9. The summed E-state index contributed by atoms with van der Waals surface area (Å²) in [7, 11) is 1.63. The predicted octanol–water partition coefficient (Wildman–Crippen LogP) is 0.642.